The van der Waals surface area contributed by atoms with Crippen molar-refractivity contribution < 1.29 is 22.6 Å². The summed E-state index contributed by atoms with van der Waals surface area (Å²) in [7, 11) is 0. The molecule has 1 aliphatic heterocycles. The van der Waals surface area contributed by atoms with Crippen molar-refractivity contribution in [3.63, 3.8) is 0 Å². The fourth-order valence-electron chi connectivity index (χ4n) is 1.34. The van der Waals surface area contributed by atoms with E-state index in [9.17, 15) is 13.2 Å². The van der Waals surface area contributed by atoms with Crippen LogP contribution in [0.3, 0.4) is 0 Å². The maximum Gasteiger partial charge on any atom is 0.573 e. The minimum absolute atomic E-state index is 0.238. The number of halogens is 3. The molecule has 5 heteroatoms. The highest BCUT2D eigenvalue weighted by molar-refractivity contribution is 5.42. The van der Waals surface area contributed by atoms with Gasteiger partial charge in [0.2, 0.25) is 0 Å². The summed E-state index contributed by atoms with van der Waals surface area (Å²) in [5.41, 5.74) is 0.916. The Kier molecular flexibility index (Phi) is 2.02. The van der Waals surface area contributed by atoms with Crippen molar-refractivity contribution in [1.82, 2.24) is 0 Å². The van der Waals surface area contributed by atoms with E-state index < -0.39 is 6.36 Å². The monoisotopic (exact) mass is 204 g/mol. The van der Waals surface area contributed by atoms with Gasteiger partial charge < -0.3 is 9.47 Å². The van der Waals surface area contributed by atoms with Gasteiger partial charge in [-0.3, -0.25) is 0 Å². The van der Waals surface area contributed by atoms with Gasteiger partial charge in [0.1, 0.15) is 11.5 Å². The number of fused-ring (bicyclic) bond motifs is 1. The predicted molar refractivity (Wildman–Crippen MR) is 42.3 cm³/mol. The number of benzene rings is 1. The second-order valence-electron chi connectivity index (χ2n) is 2.92. The number of rotatable bonds is 1. The summed E-state index contributed by atoms with van der Waals surface area (Å²) >= 11 is 0. The van der Waals surface area contributed by atoms with Crippen molar-refractivity contribution in [3.05, 3.63) is 23.8 Å². The van der Waals surface area contributed by atoms with Gasteiger partial charge in [0.25, 0.3) is 0 Å². The quantitative estimate of drug-likeness (QED) is 0.699. The highest BCUT2D eigenvalue weighted by atomic mass is 19.4. The minimum Gasteiger partial charge on any atom is -0.493 e. The van der Waals surface area contributed by atoms with Crippen molar-refractivity contribution in [1.29, 1.82) is 0 Å². The molecular formula is C9H7F3O2. The van der Waals surface area contributed by atoms with E-state index >= 15 is 0 Å². The molecule has 0 atom stereocenters. The zero-order chi connectivity index (χ0) is 10.2. The largest absolute Gasteiger partial charge is 0.573 e. The summed E-state index contributed by atoms with van der Waals surface area (Å²) in [6, 6.07) is 4.14. The molecule has 1 heterocycles. The Bertz CT molecular complexity index is 346. The molecule has 2 nitrogen and oxygen atoms in total. The maximum atomic E-state index is 11.8. The molecule has 0 N–H and O–H groups in total. The highest BCUT2D eigenvalue weighted by Gasteiger charge is 2.31. The normalized spacial score (nSPS) is 14.8. The Morgan fingerprint density at radius 2 is 2.07 bits per heavy atom. The molecule has 76 valence electrons. The SMILES string of the molecule is FC(F)(F)Oc1ccc2c(c1)OCC2. The molecule has 14 heavy (non-hydrogen) atoms. The lowest BCUT2D eigenvalue weighted by Crippen LogP contribution is -2.17. The molecule has 0 bridgehead atoms. The summed E-state index contributed by atoms with van der Waals surface area (Å²) in [6.45, 7) is 0.519. The van der Waals surface area contributed by atoms with Crippen molar-refractivity contribution in [2.45, 2.75) is 12.8 Å². The highest BCUT2D eigenvalue weighted by Crippen LogP contribution is 2.31. The van der Waals surface area contributed by atoms with Crippen LogP contribution in [-0.2, 0) is 6.42 Å². The van der Waals surface area contributed by atoms with E-state index in [1.807, 2.05) is 0 Å². The molecule has 0 amide bonds. The van der Waals surface area contributed by atoms with Crippen LogP contribution in [-0.4, -0.2) is 13.0 Å². The molecular weight excluding hydrogens is 197 g/mol. The maximum absolute atomic E-state index is 11.8. The number of hydrogen-bond acceptors (Lipinski definition) is 2. The van der Waals surface area contributed by atoms with Crippen LogP contribution >= 0.6 is 0 Å². The average molecular weight is 204 g/mol. The second-order valence-corrected chi connectivity index (χ2v) is 2.92. The van der Waals surface area contributed by atoms with E-state index in [1.54, 1.807) is 6.07 Å². The van der Waals surface area contributed by atoms with Crippen molar-refractivity contribution in [2.24, 2.45) is 0 Å². The Labute approximate surface area is 78.2 Å². The lowest BCUT2D eigenvalue weighted by atomic mass is 10.2. The van der Waals surface area contributed by atoms with Gasteiger partial charge in [0, 0.05) is 12.5 Å². The van der Waals surface area contributed by atoms with Crippen LogP contribution in [0.5, 0.6) is 11.5 Å². The Morgan fingerprint density at radius 3 is 2.79 bits per heavy atom. The Balaban J connectivity index is 2.21. The fourth-order valence-corrected chi connectivity index (χ4v) is 1.34. The van der Waals surface area contributed by atoms with Crippen LogP contribution in [0.4, 0.5) is 13.2 Å². The van der Waals surface area contributed by atoms with Crippen LogP contribution in [0.15, 0.2) is 18.2 Å². The lowest BCUT2D eigenvalue weighted by Gasteiger charge is -2.09. The van der Waals surface area contributed by atoms with Gasteiger partial charge in [-0.15, -0.1) is 13.2 Å². The third-order valence-electron chi connectivity index (χ3n) is 1.90. The predicted octanol–water partition coefficient (Wildman–Crippen LogP) is 2.52. The number of alkyl halides is 3. The summed E-state index contributed by atoms with van der Waals surface area (Å²) in [6.07, 6.45) is -3.91. The third kappa shape index (κ3) is 1.92. The van der Waals surface area contributed by atoms with Crippen LogP contribution < -0.4 is 9.47 Å². The first-order chi connectivity index (χ1) is 6.54. The molecule has 0 aliphatic carbocycles. The van der Waals surface area contributed by atoms with Crippen LogP contribution in [0, 0.1) is 0 Å². The second kappa shape index (κ2) is 3.08. The van der Waals surface area contributed by atoms with Crippen LogP contribution in [0.1, 0.15) is 5.56 Å². The molecule has 0 saturated carbocycles. The first-order valence-electron chi connectivity index (χ1n) is 4.06. The summed E-state index contributed by atoms with van der Waals surface area (Å²) in [5.74, 6) is 0.241. The molecule has 1 aliphatic rings. The van der Waals surface area contributed by atoms with E-state index in [1.165, 1.54) is 12.1 Å². The van der Waals surface area contributed by atoms with E-state index in [-0.39, 0.29) is 5.75 Å². The van der Waals surface area contributed by atoms with Crippen molar-refractivity contribution in [2.75, 3.05) is 6.61 Å². The number of ether oxygens (including phenoxy) is 2. The van der Waals surface area contributed by atoms with Gasteiger partial charge in [-0.05, 0) is 11.6 Å². The summed E-state index contributed by atoms with van der Waals surface area (Å²) < 4.78 is 44.3. The topological polar surface area (TPSA) is 18.5 Å². The van der Waals surface area contributed by atoms with Crippen molar-refractivity contribution >= 4 is 0 Å². The smallest absolute Gasteiger partial charge is 0.493 e. The zero-order valence-corrected chi connectivity index (χ0v) is 7.10. The Hall–Kier alpha value is -1.39. The molecule has 0 aromatic heterocycles. The first kappa shape index (κ1) is 9.18. The molecule has 1 aromatic carbocycles. The zero-order valence-electron chi connectivity index (χ0n) is 7.10. The molecule has 0 radical (unpaired) electrons. The van der Waals surface area contributed by atoms with E-state index in [0.717, 1.165) is 12.0 Å². The molecule has 0 saturated heterocycles. The summed E-state index contributed by atoms with van der Waals surface area (Å²) in [5, 5.41) is 0. The molecule has 2 rings (SSSR count). The first-order valence-corrected chi connectivity index (χ1v) is 4.06. The van der Waals surface area contributed by atoms with Gasteiger partial charge in [-0.25, -0.2) is 0 Å². The molecule has 0 unspecified atom stereocenters. The summed E-state index contributed by atoms with van der Waals surface area (Å²) in [4.78, 5) is 0. The average Bonchev–Trinajstić information content (AvgIpc) is 2.47. The van der Waals surface area contributed by atoms with Gasteiger partial charge in [0.15, 0.2) is 0 Å². The fraction of sp³-hybridized carbons (Fsp3) is 0.333. The van der Waals surface area contributed by atoms with Gasteiger partial charge >= 0.3 is 6.36 Å². The third-order valence-corrected chi connectivity index (χ3v) is 1.90. The van der Waals surface area contributed by atoms with Crippen LogP contribution in [0.2, 0.25) is 0 Å². The number of hydrogen-bond donors (Lipinski definition) is 0. The van der Waals surface area contributed by atoms with Gasteiger partial charge in [0.05, 0.1) is 6.61 Å². The Morgan fingerprint density at radius 1 is 1.29 bits per heavy atom. The lowest BCUT2D eigenvalue weighted by molar-refractivity contribution is -0.274. The van der Waals surface area contributed by atoms with Crippen molar-refractivity contribution in [3.8, 4) is 11.5 Å². The van der Waals surface area contributed by atoms with Gasteiger partial charge in [-0.2, -0.15) is 0 Å². The molecule has 1 aromatic rings. The standard InChI is InChI=1S/C9H7F3O2/c10-9(11,12)14-7-2-1-6-3-4-13-8(6)5-7/h1-2,5H,3-4H2. The molecule has 0 spiro atoms. The van der Waals surface area contributed by atoms with E-state index in [0.29, 0.717) is 12.4 Å². The van der Waals surface area contributed by atoms with Crippen LogP contribution in [0.25, 0.3) is 0 Å². The van der Waals surface area contributed by atoms with E-state index in [4.69, 9.17) is 4.74 Å². The molecule has 0 fully saturated rings. The minimum atomic E-state index is -4.65. The van der Waals surface area contributed by atoms with E-state index in [2.05, 4.69) is 4.74 Å². The van der Waals surface area contributed by atoms with Gasteiger partial charge in [-0.1, -0.05) is 6.07 Å².